The van der Waals surface area contributed by atoms with Crippen molar-refractivity contribution < 1.29 is 19.4 Å². The molecule has 2 aliphatic rings. The molecular weight excluding hydrogens is 272 g/mol. The SMILES string of the molecule is CN(C(=O)NCC1C(C)(C)C1(C)C)C1COCC1C(=O)O. The number of amides is 2. The largest absolute Gasteiger partial charge is 0.481 e. The normalized spacial score (nSPS) is 30.0. The highest BCUT2D eigenvalue weighted by Crippen LogP contribution is 2.67. The van der Waals surface area contributed by atoms with Gasteiger partial charge in [0.25, 0.3) is 0 Å². The summed E-state index contributed by atoms with van der Waals surface area (Å²) in [6, 6.07) is -0.627. The number of hydrogen-bond acceptors (Lipinski definition) is 3. The van der Waals surface area contributed by atoms with Crippen LogP contribution in [0.2, 0.25) is 0 Å². The van der Waals surface area contributed by atoms with E-state index in [-0.39, 0.29) is 30.1 Å². The van der Waals surface area contributed by atoms with Crippen LogP contribution in [-0.4, -0.2) is 54.9 Å². The number of ether oxygens (including phenoxy) is 1. The lowest BCUT2D eigenvalue weighted by Crippen LogP contribution is -2.48. The van der Waals surface area contributed by atoms with Crippen LogP contribution in [0.4, 0.5) is 4.79 Å². The lowest BCUT2D eigenvalue weighted by atomic mass is 10.0. The Morgan fingerprint density at radius 1 is 1.24 bits per heavy atom. The molecule has 0 aromatic carbocycles. The van der Waals surface area contributed by atoms with Crippen molar-refractivity contribution in [2.75, 3.05) is 26.8 Å². The van der Waals surface area contributed by atoms with Crippen LogP contribution < -0.4 is 5.32 Å². The summed E-state index contributed by atoms with van der Waals surface area (Å²) in [5.74, 6) is -1.12. The first-order chi connectivity index (χ1) is 9.60. The van der Waals surface area contributed by atoms with Gasteiger partial charge in [-0.15, -0.1) is 0 Å². The second-order valence-corrected chi connectivity index (χ2v) is 7.34. The fourth-order valence-electron chi connectivity index (χ4n) is 3.47. The molecule has 0 radical (unpaired) electrons. The average Bonchev–Trinajstić information content (AvgIpc) is 2.77. The van der Waals surface area contributed by atoms with E-state index in [1.165, 1.54) is 4.90 Å². The fourth-order valence-corrected chi connectivity index (χ4v) is 3.47. The third-order valence-electron chi connectivity index (χ3n) is 5.96. The van der Waals surface area contributed by atoms with Gasteiger partial charge in [0.2, 0.25) is 0 Å². The summed E-state index contributed by atoms with van der Waals surface area (Å²) in [4.78, 5) is 24.8. The van der Waals surface area contributed by atoms with Crippen molar-refractivity contribution in [1.82, 2.24) is 10.2 Å². The number of carboxylic acid groups (broad SMARTS) is 1. The number of likely N-dealkylation sites (N-methyl/N-ethyl adjacent to an activating group) is 1. The van der Waals surface area contributed by atoms with Gasteiger partial charge in [0.05, 0.1) is 19.3 Å². The maximum Gasteiger partial charge on any atom is 0.317 e. The molecule has 2 atom stereocenters. The Bertz CT molecular complexity index is 433. The van der Waals surface area contributed by atoms with Gasteiger partial charge in [0.1, 0.15) is 5.92 Å². The van der Waals surface area contributed by atoms with Gasteiger partial charge in [-0.1, -0.05) is 27.7 Å². The summed E-state index contributed by atoms with van der Waals surface area (Å²) >= 11 is 0. The number of urea groups is 1. The van der Waals surface area contributed by atoms with E-state index in [1.54, 1.807) is 7.05 Å². The Morgan fingerprint density at radius 2 is 1.81 bits per heavy atom. The fraction of sp³-hybridized carbons (Fsp3) is 0.867. The zero-order chi connectivity index (χ0) is 16.0. The molecule has 0 aromatic heterocycles. The van der Waals surface area contributed by atoms with Crippen LogP contribution in [0.3, 0.4) is 0 Å². The Balaban J connectivity index is 1.88. The van der Waals surface area contributed by atoms with Crippen LogP contribution in [0.1, 0.15) is 27.7 Å². The number of aliphatic carboxylic acids is 1. The third-order valence-corrected chi connectivity index (χ3v) is 5.96. The quantitative estimate of drug-likeness (QED) is 0.822. The first-order valence-corrected chi connectivity index (χ1v) is 7.42. The monoisotopic (exact) mass is 298 g/mol. The molecule has 0 aromatic rings. The maximum absolute atomic E-state index is 12.2. The van der Waals surface area contributed by atoms with Crippen LogP contribution in [0.5, 0.6) is 0 Å². The van der Waals surface area contributed by atoms with Crippen LogP contribution >= 0.6 is 0 Å². The van der Waals surface area contributed by atoms with Gasteiger partial charge < -0.3 is 20.1 Å². The molecule has 1 saturated carbocycles. The van der Waals surface area contributed by atoms with Crippen molar-refractivity contribution in [2.45, 2.75) is 33.7 Å². The number of carbonyl (C=O) groups excluding carboxylic acids is 1. The van der Waals surface area contributed by atoms with Gasteiger partial charge in [-0.3, -0.25) is 4.79 Å². The molecule has 2 rings (SSSR count). The van der Waals surface area contributed by atoms with E-state index < -0.39 is 17.9 Å². The molecule has 2 amide bonds. The first-order valence-electron chi connectivity index (χ1n) is 7.42. The topological polar surface area (TPSA) is 78.9 Å². The summed E-state index contributed by atoms with van der Waals surface area (Å²) in [5.41, 5.74) is 0.442. The first kappa shape index (κ1) is 16.1. The minimum atomic E-state index is -0.915. The molecule has 2 N–H and O–H groups in total. The van der Waals surface area contributed by atoms with E-state index in [4.69, 9.17) is 9.84 Å². The minimum Gasteiger partial charge on any atom is -0.481 e. The van der Waals surface area contributed by atoms with Crippen molar-refractivity contribution in [3.05, 3.63) is 0 Å². The van der Waals surface area contributed by atoms with Crippen LogP contribution in [0.25, 0.3) is 0 Å². The second kappa shape index (κ2) is 5.16. The lowest BCUT2D eigenvalue weighted by molar-refractivity contribution is -0.142. The van der Waals surface area contributed by atoms with Gasteiger partial charge in [-0.2, -0.15) is 0 Å². The van der Waals surface area contributed by atoms with Crippen molar-refractivity contribution in [2.24, 2.45) is 22.7 Å². The highest BCUT2D eigenvalue weighted by molar-refractivity contribution is 5.77. The lowest BCUT2D eigenvalue weighted by Gasteiger charge is -2.26. The minimum absolute atomic E-state index is 0.167. The summed E-state index contributed by atoms with van der Waals surface area (Å²) in [7, 11) is 1.63. The molecule has 6 heteroatoms. The summed E-state index contributed by atoms with van der Waals surface area (Å²) < 4.78 is 5.20. The average molecular weight is 298 g/mol. The van der Waals surface area contributed by atoms with Crippen LogP contribution in [0, 0.1) is 22.7 Å². The molecular formula is C15H26N2O4. The number of nitrogens with zero attached hydrogens (tertiary/aromatic N) is 1. The van der Waals surface area contributed by atoms with Crippen molar-refractivity contribution >= 4 is 12.0 Å². The van der Waals surface area contributed by atoms with Crippen molar-refractivity contribution in [3.63, 3.8) is 0 Å². The zero-order valence-electron chi connectivity index (χ0n) is 13.5. The molecule has 21 heavy (non-hydrogen) atoms. The molecule has 2 unspecified atom stereocenters. The molecule has 1 heterocycles. The number of carboxylic acids is 1. The number of rotatable bonds is 4. The smallest absolute Gasteiger partial charge is 0.317 e. The van der Waals surface area contributed by atoms with Crippen LogP contribution in [0.15, 0.2) is 0 Å². The van der Waals surface area contributed by atoms with E-state index in [0.29, 0.717) is 12.5 Å². The van der Waals surface area contributed by atoms with Crippen molar-refractivity contribution in [3.8, 4) is 0 Å². The zero-order valence-corrected chi connectivity index (χ0v) is 13.5. The molecule has 120 valence electrons. The Morgan fingerprint density at radius 3 is 2.29 bits per heavy atom. The van der Waals surface area contributed by atoms with E-state index >= 15 is 0 Å². The molecule has 1 aliphatic heterocycles. The highest BCUT2D eigenvalue weighted by atomic mass is 16.5. The van der Waals surface area contributed by atoms with E-state index in [9.17, 15) is 9.59 Å². The number of hydrogen-bond donors (Lipinski definition) is 2. The Kier molecular flexibility index (Phi) is 3.95. The highest BCUT2D eigenvalue weighted by Gasteiger charge is 2.64. The summed E-state index contributed by atoms with van der Waals surface area (Å²) in [5, 5.41) is 12.1. The van der Waals surface area contributed by atoms with Gasteiger partial charge in [-0.25, -0.2) is 4.79 Å². The number of carbonyl (C=O) groups is 2. The standard InChI is InChI=1S/C15H26N2O4/c1-14(2)11(15(14,3)4)6-16-13(20)17(5)10-8-21-7-9(10)12(18)19/h9-11H,6-8H2,1-5H3,(H,16,20)(H,18,19). The molecule has 0 bridgehead atoms. The van der Waals surface area contributed by atoms with Gasteiger partial charge in [-0.05, 0) is 16.7 Å². The van der Waals surface area contributed by atoms with E-state index in [1.807, 2.05) is 0 Å². The summed E-state index contributed by atoms with van der Waals surface area (Å²) in [6.45, 7) is 9.89. The maximum atomic E-state index is 12.2. The molecule has 2 fully saturated rings. The van der Waals surface area contributed by atoms with E-state index in [2.05, 4.69) is 33.0 Å². The summed E-state index contributed by atoms with van der Waals surface area (Å²) in [6.07, 6.45) is 0. The third kappa shape index (κ3) is 2.61. The number of nitrogens with one attached hydrogen (secondary N) is 1. The van der Waals surface area contributed by atoms with Gasteiger partial charge in [0, 0.05) is 13.6 Å². The van der Waals surface area contributed by atoms with Gasteiger partial charge in [0.15, 0.2) is 0 Å². The van der Waals surface area contributed by atoms with Gasteiger partial charge >= 0.3 is 12.0 Å². The molecule has 1 saturated heterocycles. The molecule has 6 nitrogen and oxygen atoms in total. The van der Waals surface area contributed by atoms with Crippen LogP contribution in [-0.2, 0) is 9.53 Å². The second-order valence-electron chi connectivity index (χ2n) is 7.34. The predicted molar refractivity (Wildman–Crippen MR) is 77.9 cm³/mol. The molecule has 1 aliphatic carbocycles. The molecule has 0 spiro atoms. The Labute approximate surface area is 125 Å². The van der Waals surface area contributed by atoms with Crippen molar-refractivity contribution in [1.29, 1.82) is 0 Å². The predicted octanol–water partition coefficient (Wildman–Crippen LogP) is 1.41. The van der Waals surface area contributed by atoms with E-state index in [0.717, 1.165) is 0 Å². The Hall–Kier alpha value is -1.30.